The molecular weight excluding hydrogens is 474 g/mol. The van der Waals surface area contributed by atoms with Gasteiger partial charge in [0, 0.05) is 12.1 Å². The van der Waals surface area contributed by atoms with Gasteiger partial charge in [-0.3, -0.25) is 4.90 Å². The van der Waals surface area contributed by atoms with Gasteiger partial charge in [-0.25, -0.2) is 0 Å². The molecule has 2 aliphatic heterocycles. The first kappa shape index (κ1) is 28.4. The van der Waals surface area contributed by atoms with Crippen molar-refractivity contribution in [1.82, 2.24) is 4.90 Å². The maximum atomic E-state index is 10.3. The smallest absolute Gasteiger partial charge is 0.159 e. The summed E-state index contributed by atoms with van der Waals surface area (Å²) < 4.78 is 6.49. The van der Waals surface area contributed by atoms with Gasteiger partial charge in [-0.2, -0.15) is 0 Å². The van der Waals surface area contributed by atoms with Gasteiger partial charge in [0.25, 0.3) is 0 Å². The largest absolute Gasteiger partial charge is 0.475 e. The van der Waals surface area contributed by atoms with Crippen LogP contribution in [0.15, 0.2) is 41.3 Å². The average molecular weight is 518 g/mol. The molecule has 0 saturated carbocycles. The molecule has 0 radical (unpaired) electrons. The Bertz CT molecular complexity index is 959. The molecule has 0 amide bonds. The molecule has 4 rings (SSSR count). The molecule has 2 heterocycles. The fourth-order valence-corrected chi connectivity index (χ4v) is 7.62. The minimum Gasteiger partial charge on any atom is -0.475 e. The zero-order valence-electron chi connectivity index (χ0n) is 22.0. The van der Waals surface area contributed by atoms with E-state index in [-0.39, 0.29) is 24.1 Å². The Hall–Kier alpha value is -1.20. The summed E-state index contributed by atoms with van der Waals surface area (Å²) in [4.78, 5) is 3.52. The Balaban J connectivity index is 0.00000342. The van der Waals surface area contributed by atoms with Gasteiger partial charge in [-0.1, -0.05) is 76.6 Å². The SMILES string of the molecule is CCCC1(CCC)Oc2ccc(C3CCC(CCc4ccc(CC)c(CC)c4)N3CO)cc2S1.Cl. The molecule has 5 heteroatoms. The molecule has 2 aliphatic rings. The van der Waals surface area contributed by atoms with Crippen LogP contribution < -0.4 is 4.74 Å². The number of halogens is 1. The van der Waals surface area contributed by atoms with Crippen LogP contribution in [0, 0.1) is 0 Å². The molecule has 194 valence electrons. The highest BCUT2D eigenvalue weighted by molar-refractivity contribution is 8.00. The summed E-state index contributed by atoms with van der Waals surface area (Å²) in [6.07, 6.45) is 11.1. The zero-order chi connectivity index (χ0) is 24.1. The Morgan fingerprint density at radius 2 is 1.71 bits per heavy atom. The van der Waals surface area contributed by atoms with Gasteiger partial charge in [0.05, 0.1) is 11.6 Å². The predicted molar refractivity (Wildman–Crippen MR) is 151 cm³/mol. The van der Waals surface area contributed by atoms with Crippen molar-refractivity contribution in [3.63, 3.8) is 0 Å². The fraction of sp³-hybridized carbons (Fsp3) is 0.600. The topological polar surface area (TPSA) is 32.7 Å². The Kier molecular flexibility index (Phi) is 10.4. The molecule has 2 aromatic carbocycles. The first-order valence-electron chi connectivity index (χ1n) is 13.6. The number of thioether (sulfide) groups is 1. The maximum Gasteiger partial charge on any atom is 0.159 e. The summed E-state index contributed by atoms with van der Waals surface area (Å²) in [6, 6.07) is 14.5. The Labute approximate surface area is 223 Å². The van der Waals surface area contributed by atoms with Crippen LogP contribution in [0.5, 0.6) is 5.75 Å². The minimum atomic E-state index is -0.0933. The zero-order valence-corrected chi connectivity index (χ0v) is 23.6. The number of aliphatic hydroxyl groups is 1. The summed E-state index contributed by atoms with van der Waals surface area (Å²) in [5.41, 5.74) is 5.73. The second-order valence-corrected chi connectivity index (χ2v) is 11.5. The van der Waals surface area contributed by atoms with E-state index in [1.165, 1.54) is 27.1 Å². The van der Waals surface area contributed by atoms with Crippen molar-refractivity contribution < 1.29 is 9.84 Å². The molecule has 2 atom stereocenters. The molecule has 1 fully saturated rings. The van der Waals surface area contributed by atoms with E-state index in [2.05, 4.69) is 69.0 Å². The van der Waals surface area contributed by atoms with Crippen LogP contribution in [0.25, 0.3) is 0 Å². The van der Waals surface area contributed by atoms with Crippen molar-refractivity contribution in [3.05, 3.63) is 58.7 Å². The summed E-state index contributed by atoms with van der Waals surface area (Å²) in [6.45, 7) is 9.11. The number of hydrogen-bond acceptors (Lipinski definition) is 4. The molecule has 0 spiro atoms. The number of fused-ring (bicyclic) bond motifs is 1. The molecule has 3 nitrogen and oxygen atoms in total. The lowest BCUT2D eigenvalue weighted by Crippen LogP contribution is -2.32. The molecule has 0 aliphatic carbocycles. The number of hydrogen-bond donors (Lipinski definition) is 1. The number of aliphatic hydroxyl groups excluding tert-OH is 1. The van der Waals surface area contributed by atoms with Crippen LogP contribution >= 0.6 is 24.2 Å². The molecule has 0 aromatic heterocycles. The number of likely N-dealkylation sites (tertiary alicyclic amines) is 1. The second-order valence-electron chi connectivity index (χ2n) is 10.1. The van der Waals surface area contributed by atoms with E-state index >= 15 is 0 Å². The fourth-order valence-electron chi connectivity index (χ4n) is 6.07. The lowest BCUT2D eigenvalue weighted by atomic mass is 9.96. The molecule has 1 saturated heterocycles. The van der Waals surface area contributed by atoms with E-state index in [0.29, 0.717) is 12.1 Å². The van der Waals surface area contributed by atoms with Crippen molar-refractivity contribution in [3.8, 4) is 5.75 Å². The highest BCUT2D eigenvalue weighted by atomic mass is 35.5. The van der Waals surface area contributed by atoms with Crippen LogP contribution in [-0.2, 0) is 19.3 Å². The van der Waals surface area contributed by atoms with Crippen LogP contribution in [0.4, 0.5) is 0 Å². The number of nitrogens with zero attached hydrogens (tertiary/aromatic N) is 1. The van der Waals surface area contributed by atoms with E-state index in [1.807, 2.05) is 11.8 Å². The third-order valence-electron chi connectivity index (χ3n) is 7.81. The normalized spacial score (nSPS) is 20.9. The predicted octanol–water partition coefficient (Wildman–Crippen LogP) is 8.10. The molecule has 2 aromatic rings. The third-order valence-corrected chi connectivity index (χ3v) is 9.21. The number of benzene rings is 2. The van der Waals surface area contributed by atoms with Gasteiger partial charge in [0.15, 0.2) is 4.93 Å². The first-order valence-corrected chi connectivity index (χ1v) is 14.4. The van der Waals surface area contributed by atoms with Gasteiger partial charge < -0.3 is 9.84 Å². The lowest BCUT2D eigenvalue weighted by Gasteiger charge is -2.28. The van der Waals surface area contributed by atoms with Gasteiger partial charge in [-0.15, -0.1) is 12.4 Å². The van der Waals surface area contributed by atoms with Crippen LogP contribution in [0.2, 0.25) is 0 Å². The lowest BCUT2D eigenvalue weighted by molar-refractivity contribution is 0.0596. The van der Waals surface area contributed by atoms with Gasteiger partial charge >= 0.3 is 0 Å². The summed E-state index contributed by atoms with van der Waals surface area (Å²) in [5, 5.41) is 10.3. The number of rotatable bonds is 11. The van der Waals surface area contributed by atoms with E-state index < -0.39 is 0 Å². The Morgan fingerprint density at radius 3 is 2.37 bits per heavy atom. The second kappa shape index (κ2) is 12.9. The standard InChI is InChI=1S/C30H43NO2S.ClH/c1-5-17-30(18-6-2)33-28-16-12-25(20-29(28)34-30)27-15-14-26(31(27)21-32)13-10-22-9-11-23(7-3)24(8-4)19-22;/h9,11-12,16,19-20,26-27,32H,5-8,10,13-15,17-18,21H2,1-4H3;1H. The van der Waals surface area contributed by atoms with E-state index in [9.17, 15) is 5.11 Å². The molecule has 2 unspecified atom stereocenters. The molecule has 35 heavy (non-hydrogen) atoms. The van der Waals surface area contributed by atoms with Crippen molar-refractivity contribution in [1.29, 1.82) is 0 Å². The number of ether oxygens (including phenoxy) is 1. The quantitative estimate of drug-likeness (QED) is 0.326. The highest BCUT2D eigenvalue weighted by Gasteiger charge is 2.40. The third kappa shape index (κ3) is 6.21. The molecule has 0 bridgehead atoms. The molecular formula is C30H44ClNO2S. The maximum absolute atomic E-state index is 10.3. The van der Waals surface area contributed by atoms with E-state index in [1.54, 1.807) is 0 Å². The minimum absolute atomic E-state index is 0. The summed E-state index contributed by atoms with van der Waals surface area (Å²) in [7, 11) is 0. The van der Waals surface area contributed by atoms with E-state index in [0.717, 1.165) is 70.0 Å². The van der Waals surface area contributed by atoms with Crippen LogP contribution in [0.1, 0.15) is 101 Å². The monoisotopic (exact) mass is 517 g/mol. The van der Waals surface area contributed by atoms with Crippen LogP contribution in [0.3, 0.4) is 0 Å². The first-order chi connectivity index (χ1) is 16.6. The van der Waals surface area contributed by atoms with E-state index in [4.69, 9.17) is 4.74 Å². The number of aryl methyl sites for hydroxylation is 3. The summed E-state index contributed by atoms with van der Waals surface area (Å²) >= 11 is 1.93. The van der Waals surface area contributed by atoms with Gasteiger partial charge in [0.1, 0.15) is 5.75 Å². The van der Waals surface area contributed by atoms with Gasteiger partial charge in [0.2, 0.25) is 0 Å². The van der Waals surface area contributed by atoms with Gasteiger partial charge in [-0.05, 0) is 85.8 Å². The van der Waals surface area contributed by atoms with Crippen molar-refractivity contribution in [2.24, 2.45) is 0 Å². The average Bonchev–Trinajstić information content (AvgIpc) is 3.42. The van der Waals surface area contributed by atoms with Crippen molar-refractivity contribution in [2.75, 3.05) is 6.73 Å². The molecule has 1 N–H and O–H groups in total. The van der Waals surface area contributed by atoms with Crippen LogP contribution in [-0.4, -0.2) is 27.7 Å². The van der Waals surface area contributed by atoms with Crippen molar-refractivity contribution >= 4 is 24.2 Å². The Morgan fingerprint density at radius 1 is 0.971 bits per heavy atom. The summed E-state index contributed by atoms with van der Waals surface area (Å²) in [5.74, 6) is 1.04. The van der Waals surface area contributed by atoms with Crippen molar-refractivity contribution in [2.45, 2.75) is 114 Å². The highest BCUT2D eigenvalue weighted by Crippen LogP contribution is 2.53.